The molecule has 0 saturated carbocycles. The Kier molecular flexibility index (Phi) is 5.07. The molecule has 0 radical (unpaired) electrons. The largest absolute Gasteiger partial charge is 0.330 e. The predicted molar refractivity (Wildman–Crippen MR) is 102 cm³/mol. The van der Waals surface area contributed by atoms with Crippen LogP contribution in [0.3, 0.4) is 0 Å². The van der Waals surface area contributed by atoms with Crippen molar-refractivity contribution in [2.45, 2.75) is 0 Å². The van der Waals surface area contributed by atoms with Crippen LogP contribution in [-0.2, 0) is 18.9 Å². The summed E-state index contributed by atoms with van der Waals surface area (Å²) in [7, 11) is 2.92. The molecule has 1 aromatic carbocycles. The Morgan fingerprint density at radius 2 is 1.74 bits per heavy atom. The maximum absolute atomic E-state index is 12.1. The van der Waals surface area contributed by atoms with Crippen LogP contribution in [0.25, 0.3) is 17.5 Å². The van der Waals surface area contributed by atoms with Gasteiger partial charge in [-0.15, -0.1) is 0 Å². The number of benzene rings is 1. The van der Waals surface area contributed by atoms with Gasteiger partial charge in [0.05, 0.1) is 23.6 Å². The standard InChI is InChI=1S/C19H17N5O3/c1-23-12-14(18(26)24(2)19(23)27)8-9-16(25)22-15-10-20-17(21-11-15)13-6-4-3-5-7-13/h3-12H,1-2H3,(H,22,25)/b9-8+. The van der Waals surface area contributed by atoms with Crippen molar-refractivity contribution in [3.63, 3.8) is 0 Å². The summed E-state index contributed by atoms with van der Waals surface area (Å²) < 4.78 is 2.25. The summed E-state index contributed by atoms with van der Waals surface area (Å²) in [5.74, 6) is 0.111. The molecular weight excluding hydrogens is 346 g/mol. The summed E-state index contributed by atoms with van der Waals surface area (Å²) in [5, 5.41) is 2.62. The van der Waals surface area contributed by atoms with Crippen molar-refractivity contribution in [2.24, 2.45) is 14.1 Å². The van der Waals surface area contributed by atoms with E-state index in [1.807, 2.05) is 30.3 Å². The lowest BCUT2D eigenvalue weighted by molar-refractivity contribution is -0.111. The van der Waals surface area contributed by atoms with E-state index in [9.17, 15) is 14.4 Å². The Hall–Kier alpha value is -3.81. The van der Waals surface area contributed by atoms with Crippen LogP contribution in [0.5, 0.6) is 0 Å². The fourth-order valence-electron chi connectivity index (χ4n) is 2.43. The number of aryl methyl sites for hydroxylation is 1. The van der Waals surface area contributed by atoms with Crippen molar-refractivity contribution in [1.82, 2.24) is 19.1 Å². The van der Waals surface area contributed by atoms with E-state index in [1.54, 1.807) is 0 Å². The van der Waals surface area contributed by atoms with Gasteiger partial charge in [-0.25, -0.2) is 14.8 Å². The van der Waals surface area contributed by atoms with Gasteiger partial charge < -0.3 is 9.88 Å². The van der Waals surface area contributed by atoms with Crippen LogP contribution in [0.15, 0.2) is 64.6 Å². The lowest BCUT2D eigenvalue weighted by atomic mass is 10.2. The molecule has 8 nitrogen and oxygen atoms in total. The highest BCUT2D eigenvalue weighted by Crippen LogP contribution is 2.14. The van der Waals surface area contributed by atoms with Gasteiger partial charge in [-0.1, -0.05) is 30.3 Å². The van der Waals surface area contributed by atoms with Gasteiger partial charge in [0.15, 0.2) is 5.82 Å². The molecular formula is C19H17N5O3. The van der Waals surface area contributed by atoms with E-state index in [0.717, 1.165) is 10.1 Å². The van der Waals surface area contributed by atoms with Gasteiger partial charge >= 0.3 is 5.69 Å². The summed E-state index contributed by atoms with van der Waals surface area (Å²) in [6, 6.07) is 9.47. The van der Waals surface area contributed by atoms with E-state index < -0.39 is 17.2 Å². The first-order valence-corrected chi connectivity index (χ1v) is 8.09. The third kappa shape index (κ3) is 4.06. The number of carbonyl (C=O) groups excluding carboxylic acids is 1. The number of carbonyl (C=O) groups is 1. The monoisotopic (exact) mass is 363 g/mol. The molecule has 1 N–H and O–H groups in total. The zero-order valence-corrected chi connectivity index (χ0v) is 14.8. The fraction of sp³-hybridized carbons (Fsp3) is 0.105. The average Bonchev–Trinajstić information content (AvgIpc) is 2.69. The van der Waals surface area contributed by atoms with Crippen molar-refractivity contribution in [1.29, 1.82) is 0 Å². The number of aromatic nitrogens is 4. The Bertz CT molecular complexity index is 1110. The molecule has 27 heavy (non-hydrogen) atoms. The van der Waals surface area contributed by atoms with Gasteiger partial charge in [0.25, 0.3) is 5.56 Å². The fourth-order valence-corrected chi connectivity index (χ4v) is 2.43. The zero-order chi connectivity index (χ0) is 19.4. The van der Waals surface area contributed by atoms with Gasteiger partial charge in [0, 0.05) is 31.9 Å². The van der Waals surface area contributed by atoms with Gasteiger partial charge in [-0.2, -0.15) is 0 Å². The molecule has 8 heteroatoms. The third-order valence-corrected chi connectivity index (χ3v) is 3.84. The van der Waals surface area contributed by atoms with Crippen LogP contribution >= 0.6 is 0 Å². The molecule has 0 aliphatic rings. The molecule has 0 aliphatic heterocycles. The minimum absolute atomic E-state index is 0.227. The molecule has 2 heterocycles. The summed E-state index contributed by atoms with van der Waals surface area (Å²) in [6.07, 6.45) is 6.97. The van der Waals surface area contributed by atoms with Gasteiger partial charge in [0.1, 0.15) is 0 Å². The first-order valence-electron chi connectivity index (χ1n) is 8.09. The van der Waals surface area contributed by atoms with Crippen LogP contribution < -0.4 is 16.6 Å². The number of hydrogen-bond donors (Lipinski definition) is 1. The zero-order valence-electron chi connectivity index (χ0n) is 14.8. The summed E-state index contributed by atoms with van der Waals surface area (Å²) in [4.78, 5) is 44.2. The van der Waals surface area contributed by atoms with Crippen molar-refractivity contribution in [2.75, 3.05) is 5.32 Å². The van der Waals surface area contributed by atoms with Crippen LogP contribution in [0.4, 0.5) is 5.69 Å². The van der Waals surface area contributed by atoms with Crippen molar-refractivity contribution in [3.8, 4) is 11.4 Å². The number of rotatable bonds is 4. The maximum Gasteiger partial charge on any atom is 0.330 e. The second-order valence-electron chi connectivity index (χ2n) is 5.83. The van der Waals surface area contributed by atoms with Gasteiger partial charge in [0.2, 0.25) is 5.91 Å². The Balaban J connectivity index is 1.72. The molecule has 2 aromatic heterocycles. The van der Waals surface area contributed by atoms with E-state index in [0.29, 0.717) is 11.5 Å². The van der Waals surface area contributed by atoms with Crippen LogP contribution in [0, 0.1) is 0 Å². The van der Waals surface area contributed by atoms with Crippen molar-refractivity contribution in [3.05, 3.63) is 81.4 Å². The van der Waals surface area contributed by atoms with Crippen LogP contribution in [-0.4, -0.2) is 25.0 Å². The van der Waals surface area contributed by atoms with Gasteiger partial charge in [-0.3, -0.25) is 14.2 Å². The topological polar surface area (TPSA) is 98.9 Å². The second-order valence-corrected chi connectivity index (χ2v) is 5.83. The van der Waals surface area contributed by atoms with E-state index >= 15 is 0 Å². The minimum atomic E-state index is -0.474. The Labute approximate surface area is 154 Å². The van der Waals surface area contributed by atoms with Gasteiger partial charge in [-0.05, 0) is 6.08 Å². The molecule has 0 spiro atoms. The first kappa shape index (κ1) is 18.0. The number of hydrogen-bond acceptors (Lipinski definition) is 5. The molecule has 3 rings (SSSR count). The molecule has 0 atom stereocenters. The molecule has 136 valence electrons. The predicted octanol–water partition coefficient (Wildman–Crippen LogP) is 1.19. The first-order chi connectivity index (χ1) is 13.0. The summed E-state index contributed by atoms with van der Waals surface area (Å²) in [6.45, 7) is 0. The van der Waals surface area contributed by atoms with E-state index in [1.165, 1.54) is 49.4 Å². The molecule has 0 aliphatic carbocycles. The average molecular weight is 363 g/mol. The summed E-state index contributed by atoms with van der Waals surface area (Å²) >= 11 is 0. The highest BCUT2D eigenvalue weighted by atomic mass is 16.2. The van der Waals surface area contributed by atoms with Crippen LogP contribution in [0.1, 0.15) is 5.56 Å². The molecule has 0 unspecified atom stereocenters. The molecule has 0 bridgehead atoms. The number of nitrogens with zero attached hydrogens (tertiary/aromatic N) is 4. The number of anilines is 1. The van der Waals surface area contributed by atoms with E-state index in [4.69, 9.17) is 0 Å². The maximum atomic E-state index is 12.1. The minimum Gasteiger partial charge on any atom is -0.320 e. The molecule has 0 fully saturated rings. The van der Waals surface area contributed by atoms with E-state index in [2.05, 4.69) is 15.3 Å². The molecule has 3 aromatic rings. The van der Waals surface area contributed by atoms with Crippen molar-refractivity contribution >= 4 is 17.7 Å². The SMILES string of the molecule is Cn1cc(/C=C/C(=O)Nc2cnc(-c3ccccc3)nc2)c(=O)n(C)c1=O. The summed E-state index contributed by atoms with van der Waals surface area (Å²) in [5.41, 5.74) is 0.624. The third-order valence-electron chi connectivity index (χ3n) is 3.84. The Morgan fingerprint density at radius 1 is 1.07 bits per heavy atom. The lowest BCUT2D eigenvalue weighted by Gasteiger charge is -2.04. The smallest absolute Gasteiger partial charge is 0.320 e. The Morgan fingerprint density at radius 3 is 2.41 bits per heavy atom. The highest BCUT2D eigenvalue weighted by molar-refractivity contribution is 6.01. The van der Waals surface area contributed by atoms with E-state index in [-0.39, 0.29) is 5.56 Å². The molecule has 1 amide bonds. The molecule has 0 saturated heterocycles. The lowest BCUT2D eigenvalue weighted by Crippen LogP contribution is -2.37. The van der Waals surface area contributed by atoms with Crippen LogP contribution in [0.2, 0.25) is 0 Å². The number of nitrogens with one attached hydrogen (secondary N) is 1. The van der Waals surface area contributed by atoms with Crippen molar-refractivity contribution < 1.29 is 4.79 Å². The quantitative estimate of drug-likeness (QED) is 0.702. The normalized spacial score (nSPS) is 10.9. The second kappa shape index (κ2) is 7.61. The number of amides is 1. The highest BCUT2D eigenvalue weighted by Gasteiger charge is 2.06.